The first-order chi connectivity index (χ1) is 13.9. The molecule has 4 nitrogen and oxygen atoms in total. The molecule has 29 heavy (non-hydrogen) atoms. The average molecular weight is 459 g/mol. The molecular weight excluding hydrogens is 442 g/mol. The summed E-state index contributed by atoms with van der Waals surface area (Å²) < 4.78 is 28.9. The highest BCUT2D eigenvalue weighted by Crippen LogP contribution is 2.31. The van der Waals surface area contributed by atoms with Gasteiger partial charge in [0.15, 0.2) is 0 Å². The van der Waals surface area contributed by atoms with Crippen molar-refractivity contribution in [2.24, 2.45) is 0 Å². The number of nitrogens with one attached hydrogen (secondary N) is 2. The fourth-order valence-electron chi connectivity index (χ4n) is 2.74. The van der Waals surface area contributed by atoms with Gasteiger partial charge in [-0.2, -0.15) is 0 Å². The topological polar surface area (TPSA) is 58.2 Å². The van der Waals surface area contributed by atoms with Crippen LogP contribution in [-0.2, 0) is 4.79 Å². The van der Waals surface area contributed by atoms with E-state index in [0.29, 0.717) is 11.1 Å². The van der Waals surface area contributed by atoms with E-state index < -0.39 is 17.5 Å². The molecule has 0 saturated heterocycles. The SMILES string of the molecule is O=C(CCNC(=O)c1ccc(Br)cc1)Nc1c(F)cc(F)cc1-c1ccccc1. The fraction of sp³-hybridized carbons (Fsp3) is 0.0909. The third-order valence-electron chi connectivity index (χ3n) is 4.15. The van der Waals surface area contributed by atoms with Crippen LogP contribution in [0.4, 0.5) is 14.5 Å². The minimum Gasteiger partial charge on any atom is -0.352 e. The molecule has 148 valence electrons. The monoisotopic (exact) mass is 458 g/mol. The van der Waals surface area contributed by atoms with E-state index in [1.54, 1.807) is 54.6 Å². The fourth-order valence-corrected chi connectivity index (χ4v) is 3.01. The van der Waals surface area contributed by atoms with E-state index in [1.807, 2.05) is 0 Å². The van der Waals surface area contributed by atoms with Crippen molar-refractivity contribution in [2.45, 2.75) is 6.42 Å². The summed E-state index contributed by atoms with van der Waals surface area (Å²) in [6.45, 7) is 0.0736. The lowest BCUT2D eigenvalue weighted by Crippen LogP contribution is -2.27. The molecule has 3 aromatic carbocycles. The first-order valence-electron chi connectivity index (χ1n) is 8.82. The molecular formula is C22H17BrF2N2O2. The van der Waals surface area contributed by atoms with Crippen LogP contribution in [0, 0.1) is 11.6 Å². The van der Waals surface area contributed by atoms with Gasteiger partial charge in [-0.25, -0.2) is 8.78 Å². The highest BCUT2D eigenvalue weighted by Gasteiger charge is 2.16. The largest absolute Gasteiger partial charge is 0.352 e. The number of carbonyl (C=O) groups excluding carboxylic acids is 2. The number of carbonyl (C=O) groups is 2. The van der Waals surface area contributed by atoms with Crippen molar-refractivity contribution in [2.75, 3.05) is 11.9 Å². The van der Waals surface area contributed by atoms with E-state index in [1.165, 1.54) is 6.07 Å². The van der Waals surface area contributed by atoms with E-state index in [2.05, 4.69) is 26.6 Å². The Morgan fingerprint density at radius 1 is 0.931 bits per heavy atom. The number of benzene rings is 3. The summed E-state index contributed by atoms with van der Waals surface area (Å²) in [7, 11) is 0. The quantitative estimate of drug-likeness (QED) is 0.536. The van der Waals surface area contributed by atoms with E-state index in [9.17, 15) is 18.4 Å². The Bertz CT molecular complexity index is 1020. The van der Waals surface area contributed by atoms with Crippen molar-refractivity contribution in [1.29, 1.82) is 0 Å². The number of halogens is 3. The summed E-state index contributed by atoms with van der Waals surface area (Å²) in [4.78, 5) is 24.3. The Labute approximate surface area is 175 Å². The molecule has 0 aliphatic rings. The smallest absolute Gasteiger partial charge is 0.251 e. The Morgan fingerprint density at radius 2 is 1.62 bits per heavy atom. The van der Waals surface area contributed by atoms with Crippen molar-refractivity contribution in [3.8, 4) is 11.1 Å². The maximum Gasteiger partial charge on any atom is 0.251 e. The van der Waals surface area contributed by atoms with E-state index in [0.717, 1.165) is 10.5 Å². The van der Waals surface area contributed by atoms with Gasteiger partial charge in [-0.15, -0.1) is 0 Å². The van der Waals surface area contributed by atoms with Crippen LogP contribution < -0.4 is 10.6 Å². The lowest BCUT2D eigenvalue weighted by molar-refractivity contribution is -0.116. The molecule has 2 N–H and O–H groups in total. The summed E-state index contributed by atoms with van der Waals surface area (Å²) in [5, 5.41) is 5.12. The Morgan fingerprint density at radius 3 is 2.31 bits per heavy atom. The van der Waals surface area contributed by atoms with Gasteiger partial charge in [0.2, 0.25) is 5.91 Å². The lowest BCUT2D eigenvalue weighted by atomic mass is 10.0. The zero-order chi connectivity index (χ0) is 20.8. The number of anilines is 1. The van der Waals surface area contributed by atoms with Gasteiger partial charge in [0.1, 0.15) is 11.6 Å². The number of rotatable bonds is 6. The average Bonchev–Trinajstić information content (AvgIpc) is 2.71. The van der Waals surface area contributed by atoms with Crippen molar-refractivity contribution < 1.29 is 18.4 Å². The number of hydrogen-bond donors (Lipinski definition) is 2. The Balaban J connectivity index is 1.65. The molecule has 0 aromatic heterocycles. The third-order valence-corrected chi connectivity index (χ3v) is 4.68. The Hall–Kier alpha value is -3.06. The summed E-state index contributed by atoms with van der Waals surface area (Å²) >= 11 is 3.29. The van der Waals surface area contributed by atoms with Gasteiger partial charge >= 0.3 is 0 Å². The molecule has 0 spiro atoms. The highest BCUT2D eigenvalue weighted by atomic mass is 79.9. The molecule has 3 aromatic rings. The highest BCUT2D eigenvalue weighted by molar-refractivity contribution is 9.10. The summed E-state index contributed by atoms with van der Waals surface area (Å²) in [5.41, 5.74) is 1.19. The molecule has 3 rings (SSSR count). The zero-order valence-electron chi connectivity index (χ0n) is 15.2. The van der Waals surface area contributed by atoms with Gasteiger partial charge < -0.3 is 10.6 Å². The second kappa shape index (κ2) is 9.43. The summed E-state index contributed by atoms with van der Waals surface area (Å²) in [6, 6.07) is 17.3. The van der Waals surface area contributed by atoms with Crippen LogP contribution in [0.1, 0.15) is 16.8 Å². The normalized spacial score (nSPS) is 10.4. The van der Waals surface area contributed by atoms with Gasteiger partial charge in [0.05, 0.1) is 5.69 Å². The van der Waals surface area contributed by atoms with Crippen molar-refractivity contribution in [1.82, 2.24) is 5.32 Å². The van der Waals surface area contributed by atoms with Crippen molar-refractivity contribution in [3.63, 3.8) is 0 Å². The molecule has 0 fully saturated rings. The standard InChI is InChI=1S/C22H17BrF2N2O2/c23-16-8-6-15(7-9-16)22(29)26-11-10-20(28)27-21-18(12-17(24)13-19(21)25)14-4-2-1-3-5-14/h1-9,12-13H,10-11H2,(H,26,29)(H,27,28). The van der Waals surface area contributed by atoms with Gasteiger partial charge in [-0.3, -0.25) is 9.59 Å². The second-order valence-electron chi connectivity index (χ2n) is 6.24. The van der Waals surface area contributed by atoms with Crippen LogP contribution in [0.2, 0.25) is 0 Å². The number of amides is 2. The minimum atomic E-state index is -0.865. The predicted molar refractivity (Wildman–Crippen MR) is 112 cm³/mol. The van der Waals surface area contributed by atoms with Crippen LogP contribution in [0.25, 0.3) is 11.1 Å². The molecule has 0 atom stereocenters. The zero-order valence-corrected chi connectivity index (χ0v) is 16.8. The Kier molecular flexibility index (Phi) is 6.72. The summed E-state index contributed by atoms with van der Waals surface area (Å²) in [6.07, 6.45) is -0.0622. The molecule has 0 bridgehead atoms. The van der Waals surface area contributed by atoms with Crippen molar-refractivity contribution in [3.05, 3.63) is 88.4 Å². The van der Waals surface area contributed by atoms with Crippen LogP contribution >= 0.6 is 15.9 Å². The maximum atomic E-state index is 14.3. The molecule has 7 heteroatoms. The van der Waals surface area contributed by atoms with E-state index in [-0.39, 0.29) is 30.1 Å². The minimum absolute atomic E-state index is 0.0622. The van der Waals surface area contributed by atoms with Gasteiger partial charge in [0, 0.05) is 34.6 Å². The van der Waals surface area contributed by atoms with Gasteiger partial charge in [-0.1, -0.05) is 46.3 Å². The van der Waals surface area contributed by atoms with Crippen LogP contribution in [0.3, 0.4) is 0 Å². The van der Waals surface area contributed by atoms with Crippen LogP contribution in [-0.4, -0.2) is 18.4 Å². The van der Waals surface area contributed by atoms with Crippen LogP contribution in [0.15, 0.2) is 71.2 Å². The molecule has 2 amide bonds. The molecule has 0 radical (unpaired) electrons. The molecule has 0 aliphatic heterocycles. The van der Waals surface area contributed by atoms with Crippen LogP contribution in [0.5, 0.6) is 0 Å². The second-order valence-corrected chi connectivity index (χ2v) is 7.15. The van der Waals surface area contributed by atoms with Gasteiger partial charge in [0.25, 0.3) is 5.91 Å². The summed E-state index contributed by atoms with van der Waals surface area (Å²) in [5.74, 6) is -2.41. The lowest BCUT2D eigenvalue weighted by Gasteiger charge is -2.13. The predicted octanol–water partition coefficient (Wildman–Crippen LogP) is 5.15. The maximum absolute atomic E-state index is 14.3. The van der Waals surface area contributed by atoms with E-state index >= 15 is 0 Å². The van der Waals surface area contributed by atoms with Gasteiger partial charge in [-0.05, 0) is 35.9 Å². The first kappa shape index (κ1) is 20.7. The first-order valence-corrected chi connectivity index (χ1v) is 9.61. The molecule has 0 aliphatic carbocycles. The molecule has 0 unspecified atom stereocenters. The molecule has 0 saturated carbocycles. The third kappa shape index (κ3) is 5.48. The van der Waals surface area contributed by atoms with Crippen molar-refractivity contribution >= 4 is 33.4 Å². The number of hydrogen-bond acceptors (Lipinski definition) is 2. The molecule has 0 heterocycles. The van der Waals surface area contributed by atoms with E-state index in [4.69, 9.17) is 0 Å².